The van der Waals surface area contributed by atoms with Gasteiger partial charge in [0.05, 0.1) is 12.2 Å². The van der Waals surface area contributed by atoms with E-state index in [1.807, 2.05) is 42.5 Å². The molecule has 0 atom stereocenters. The molecule has 1 saturated heterocycles. The van der Waals surface area contributed by atoms with E-state index in [0.29, 0.717) is 11.6 Å². The first kappa shape index (κ1) is 21.4. The minimum absolute atomic E-state index is 0. The molecular formula is C21H23Cl2N3O3. The molecule has 154 valence electrons. The second kappa shape index (κ2) is 9.48. The van der Waals surface area contributed by atoms with Gasteiger partial charge in [0.1, 0.15) is 6.61 Å². The number of nitrogens with one attached hydrogen (secondary N) is 1. The zero-order valence-corrected chi connectivity index (χ0v) is 17.4. The molecule has 2 heterocycles. The fraction of sp³-hybridized carbons (Fsp3) is 0.333. The highest BCUT2D eigenvalue weighted by atomic mass is 35.5. The lowest BCUT2D eigenvalue weighted by Gasteiger charge is -2.40. The maximum atomic E-state index is 12.4. The van der Waals surface area contributed by atoms with Gasteiger partial charge in [-0.15, -0.1) is 12.4 Å². The van der Waals surface area contributed by atoms with Crippen molar-refractivity contribution in [3.63, 3.8) is 0 Å². The van der Waals surface area contributed by atoms with Crippen molar-refractivity contribution in [3.05, 3.63) is 59.1 Å². The molecule has 6 nitrogen and oxygen atoms in total. The van der Waals surface area contributed by atoms with Crippen LogP contribution in [-0.2, 0) is 16.1 Å². The second-order valence-corrected chi connectivity index (χ2v) is 7.56. The van der Waals surface area contributed by atoms with Gasteiger partial charge in [-0.05, 0) is 43.2 Å². The van der Waals surface area contributed by atoms with Crippen molar-refractivity contribution in [3.8, 4) is 0 Å². The van der Waals surface area contributed by atoms with E-state index >= 15 is 0 Å². The van der Waals surface area contributed by atoms with Crippen molar-refractivity contribution < 1.29 is 14.3 Å². The SMILES string of the molecule is Cl.O=C(CN1CCC(N2C(=O)OCc3cc(Cl)ccc32)CC1)Nc1ccccc1. The van der Waals surface area contributed by atoms with Crippen molar-refractivity contribution in [2.45, 2.75) is 25.5 Å². The number of amides is 2. The zero-order valence-electron chi connectivity index (χ0n) is 15.8. The van der Waals surface area contributed by atoms with E-state index in [1.54, 1.807) is 11.0 Å². The summed E-state index contributed by atoms with van der Waals surface area (Å²) in [5, 5.41) is 3.55. The van der Waals surface area contributed by atoms with Gasteiger partial charge in [-0.25, -0.2) is 4.79 Å². The summed E-state index contributed by atoms with van der Waals surface area (Å²) >= 11 is 6.07. The molecule has 1 fully saturated rings. The van der Waals surface area contributed by atoms with Crippen molar-refractivity contribution in [2.75, 3.05) is 29.9 Å². The van der Waals surface area contributed by atoms with Gasteiger partial charge >= 0.3 is 6.09 Å². The molecule has 0 aliphatic carbocycles. The number of hydrogen-bond acceptors (Lipinski definition) is 4. The molecule has 2 aromatic carbocycles. The average Bonchev–Trinajstić information content (AvgIpc) is 2.70. The number of anilines is 2. The smallest absolute Gasteiger partial charge is 0.414 e. The highest BCUT2D eigenvalue weighted by Crippen LogP contribution is 2.33. The molecule has 2 aliphatic heterocycles. The monoisotopic (exact) mass is 435 g/mol. The first-order chi connectivity index (χ1) is 13.6. The van der Waals surface area contributed by atoms with E-state index < -0.39 is 0 Å². The first-order valence-corrected chi connectivity index (χ1v) is 9.79. The Morgan fingerprint density at radius 1 is 1.14 bits per heavy atom. The number of carbonyl (C=O) groups is 2. The van der Waals surface area contributed by atoms with Gasteiger partial charge in [0.2, 0.25) is 5.91 Å². The number of nitrogens with zero attached hydrogens (tertiary/aromatic N) is 2. The third kappa shape index (κ3) is 5.01. The van der Waals surface area contributed by atoms with Gasteiger partial charge in [0, 0.05) is 35.4 Å². The molecule has 2 aliphatic rings. The predicted octanol–water partition coefficient (Wildman–Crippen LogP) is 4.32. The summed E-state index contributed by atoms with van der Waals surface area (Å²) in [6.45, 7) is 2.10. The standard InChI is InChI=1S/C21H22ClN3O3.ClH/c22-16-6-7-19-15(12-16)14-28-21(27)25(19)18-8-10-24(11-9-18)13-20(26)23-17-4-2-1-3-5-17;/h1-7,12,18H,8-11,13-14H2,(H,23,26);1H. The number of fused-ring (bicyclic) bond motifs is 1. The molecule has 0 aromatic heterocycles. The number of benzene rings is 2. The fourth-order valence-electron chi connectivity index (χ4n) is 3.82. The molecule has 0 unspecified atom stereocenters. The number of halogens is 2. The highest BCUT2D eigenvalue weighted by Gasteiger charge is 2.34. The van der Waals surface area contributed by atoms with Crippen LogP contribution in [0.25, 0.3) is 0 Å². The Kier molecular flexibility index (Phi) is 7.00. The Bertz CT molecular complexity index is 871. The Hall–Kier alpha value is -2.28. The van der Waals surface area contributed by atoms with Gasteiger partial charge in [-0.3, -0.25) is 14.6 Å². The number of rotatable bonds is 4. The molecule has 0 saturated carbocycles. The molecule has 8 heteroatoms. The molecular weight excluding hydrogens is 413 g/mol. The van der Waals surface area contributed by atoms with Crippen LogP contribution in [0.2, 0.25) is 5.02 Å². The summed E-state index contributed by atoms with van der Waals surface area (Å²) in [5.41, 5.74) is 2.60. The fourth-order valence-corrected chi connectivity index (χ4v) is 4.01. The van der Waals surface area contributed by atoms with Crippen LogP contribution >= 0.6 is 24.0 Å². The summed E-state index contributed by atoms with van der Waals surface area (Å²) in [7, 11) is 0. The molecule has 29 heavy (non-hydrogen) atoms. The van der Waals surface area contributed by atoms with Crippen molar-refractivity contribution in [1.82, 2.24) is 4.90 Å². The Morgan fingerprint density at radius 3 is 2.59 bits per heavy atom. The van der Waals surface area contributed by atoms with Crippen LogP contribution in [0, 0.1) is 0 Å². The second-order valence-electron chi connectivity index (χ2n) is 7.12. The van der Waals surface area contributed by atoms with Crippen molar-refractivity contribution in [2.24, 2.45) is 0 Å². The summed E-state index contributed by atoms with van der Waals surface area (Å²) in [5.74, 6) is -0.0259. The van der Waals surface area contributed by atoms with Gasteiger partial charge < -0.3 is 10.1 Å². The topological polar surface area (TPSA) is 61.9 Å². The number of likely N-dealkylation sites (tertiary alicyclic amines) is 1. The van der Waals surface area contributed by atoms with Crippen LogP contribution in [0.4, 0.5) is 16.2 Å². The van der Waals surface area contributed by atoms with Crippen LogP contribution in [0.15, 0.2) is 48.5 Å². The lowest BCUT2D eigenvalue weighted by atomic mass is 10.0. The van der Waals surface area contributed by atoms with E-state index in [2.05, 4.69) is 10.2 Å². The quantitative estimate of drug-likeness (QED) is 0.776. The van der Waals surface area contributed by atoms with Gasteiger partial charge in [0.15, 0.2) is 0 Å². The Balaban J connectivity index is 0.00000240. The number of hydrogen-bond donors (Lipinski definition) is 1. The van der Waals surface area contributed by atoms with E-state index in [-0.39, 0.29) is 37.1 Å². The number of para-hydroxylation sites is 1. The van der Waals surface area contributed by atoms with E-state index in [9.17, 15) is 9.59 Å². The third-order valence-electron chi connectivity index (χ3n) is 5.20. The molecule has 0 spiro atoms. The number of cyclic esters (lactones) is 1. The van der Waals surface area contributed by atoms with E-state index in [0.717, 1.165) is 42.9 Å². The van der Waals surface area contributed by atoms with Crippen LogP contribution in [0.3, 0.4) is 0 Å². The molecule has 2 aromatic rings. The first-order valence-electron chi connectivity index (χ1n) is 9.42. The summed E-state index contributed by atoms with van der Waals surface area (Å²) in [4.78, 5) is 28.5. The Labute approximate surface area is 181 Å². The molecule has 4 rings (SSSR count). The highest BCUT2D eigenvalue weighted by molar-refractivity contribution is 6.30. The maximum Gasteiger partial charge on any atom is 0.414 e. The van der Waals surface area contributed by atoms with Crippen LogP contribution in [0.1, 0.15) is 18.4 Å². The van der Waals surface area contributed by atoms with Crippen LogP contribution in [-0.4, -0.2) is 42.6 Å². The van der Waals surface area contributed by atoms with E-state index in [4.69, 9.17) is 16.3 Å². The number of carbonyl (C=O) groups excluding carboxylic acids is 2. The number of ether oxygens (including phenoxy) is 1. The minimum atomic E-state index is -0.310. The Morgan fingerprint density at radius 2 is 1.86 bits per heavy atom. The largest absolute Gasteiger partial charge is 0.444 e. The van der Waals surface area contributed by atoms with Gasteiger partial charge in [0.25, 0.3) is 0 Å². The summed E-state index contributed by atoms with van der Waals surface area (Å²) < 4.78 is 5.33. The minimum Gasteiger partial charge on any atom is -0.444 e. The lowest BCUT2D eigenvalue weighted by molar-refractivity contribution is -0.117. The zero-order chi connectivity index (χ0) is 19.5. The van der Waals surface area contributed by atoms with Crippen molar-refractivity contribution >= 4 is 47.4 Å². The third-order valence-corrected chi connectivity index (χ3v) is 5.43. The van der Waals surface area contributed by atoms with Crippen LogP contribution < -0.4 is 10.2 Å². The van der Waals surface area contributed by atoms with Crippen LogP contribution in [0.5, 0.6) is 0 Å². The lowest BCUT2D eigenvalue weighted by Crippen LogP contribution is -2.50. The number of piperidine rings is 1. The van der Waals surface area contributed by atoms with E-state index in [1.165, 1.54) is 0 Å². The molecule has 1 N–H and O–H groups in total. The normalized spacial score (nSPS) is 17.1. The summed E-state index contributed by atoms with van der Waals surface area (Å²) in [6, 6.07) is 15.0. The average molecular weight is 436 g/mol. The molecule has 2 amide bonds. The molecule has 0 bridgehead atoms. The predicted molar refractivity (Wildman–Crippen MR) is 116 cm³/mol. The van der Waals surface area contributed by atoms with Gasteiger partial charge in [-0.2, -0.15) is 0 Å². The summed E-state index contributed by atoms with van der Waals surface area (Å²) in [6.07, 6.45) is 1.26. The van der Waals surface area contributed by atoms with Gasteiger partial charge in [-0.1, -0.05) is 29.8 Å². The molecule has 0 radical (unpaired) electrons. The van der Waals surface area contributed by atoms with Crippen molar-refractivity contribution in [1.29, 1.82) is 0 Å². The maximum absolute atomic E-state index is 12.4.